The van der Waals surface area contributed by atoms with Gasteiger partial charge >= 0.3 is 0 Å². The molecule has 4 rings (SSSR count). The fourth-order valence-corrected chi connectivity index (χ4v) is 4.11. The van der Waals surface area contributed by atoms with Gasteiger partial charge < -0.3 is 11.1 Å². The molecule has 0 saturated heterocycles. The minimum Gasteiger partial charge on any atom is -0.384 e. The molecule has 138 valence electrons. The lowest BCUT2D eigenvalue weighted by Gasteiger charge is -2.06. The number of anilines is 3. The monoisotopic (exact) mass is 411 g/mol. The highest BCUT2D eigenvalue weighted by Gasteiger charge is 2.18. The van der Waals surface area contributed by atoms with Crippen molar-refractivity contribution in [1.29, 1.82) is 0 Å². The van der Waals surface area contributed by atoms with Gasteiger partial charge in [0.05, 0.1) is 16.8 Å². The van der Waals surface area contributed by atoms with Gasteiger partial charge in [-0.05, 0) is 25.1 Å². The molecule has 0 fully saturated rings. The fraction of sp³-hybridized carbons (Fsp3) is 0.0556. The van der Waals surface area contributed by atoms with Crippen LogP contribution in [0.1, 0.15) is 5.82 Å². The Balaban J connectivity index is 1.84. The van der Waals surface area contributed by atoms with Crippen LogP contribution in [0, 0.1) is 19.3 Å². The molecule has 28 heavy (non-hydrogen) atoms. The summed E-state index contributed by atoms with van der Waals surface area (Å²) < 4.78 is 14.3. The molecule has 0 saturated carbocycles. The van der Waals surface area contributed by atoms with E-state index in [1.54, 1.807) is 25.3 Å². The van der Waals surface area contributed by atoms with E-state index in [0.29, 0.717) is 39.4 Å². The van der Waals surface area contributed by atoms with Crippen molar-refractivity contribution in [1.82, 2.24) is 19.9 Å². The van der Waals surface area contributed by atoms with E-state index in [0.717, 1.165) is 10.8 Å². The Hall–Kier alpha value is -3.35. The van der Waals surface area contributed by atoms with Crippen LogP contribution in [0.25, 0.3) is 25.6 Å². The molecule has 3 N–H and O–H groups in total. The summed E-state index contributed by atoms with van der Waals surface area (Å²) in [6, 6.07) is 5.66. The number of thiazole rings is 1. The first kappa shape index (κ1) is 18.0. The van der Waals surface area contributed by atoms with E-state index in [1.165, 1.54) is 17.4 Å². The summed E-state index contributed by atoms with van der Waals surface area (Å²) in [5.74, 6) is 1.33. The summed E-state index contributed by atoms with van der Waals surface area (Å²) in [6.45, 7) is 9.06. The molecule has 0 aliphatic rings. The molecular formula is C18H11ClFN7S. The van der Waals surface area contributed by atoms with Crippen LogP contribution < -0.4 is 11.1 Å². The summed E-state index contributed by atoms with van der Waals surface area (Å²) in [6.07, 6.45) is 1.60. The van der Waals surface area contributed by atoms with E-state index in [1.807, 2.05) is 0 Å². The van der Waals surface area contributed by atoms with Crippen molar-refractivity contribution in [2.75, 3.05) is 11.1 Å². The van der Waals surface area contributed by atoms with Gasteiger partial charge in [0.15, 0.2) is 5.82 Å². The van der Waals surface area contributed by atoms with Gasteiger partial charge in [-0.1, -0.05) is 11.6 Å². The molecule has 0 unspecified atom stereocenters. The number of nitrogens with zero attached hydrogens (tertiary/aromatic N) is 5. The number of fused-ring (bicyclic) bond motifs is 1. The molecule has 3 heterocycles. The highest BCUT2D eigenvalue weighted by Crippen LogP contribution is 2.42. The standard InChI is InChI=1S/C18H11ClFN7S/c1-8-24-13(21)7-14(25-8)27-17-16-11(3-4-23-17)26-18(28-16)15-10(19)5-9(20)6-12(15)22-2/h3-7H,1H3,(H3,21,23,24,25,27). The third kappa shape index (κ3) is 3.31. The predicted octanol–water partition coefficient (Wildman–Crippen LogP) is 5.13. The topological polar surface area (TPSA) is 94.0 Å². The van der Waals surface area contributed by atoms with Crippen LogP contribution in [-0.4, -0.2) is 19.9 Å². The molecule has 0 bridgehead atoms. The van der Waals surface area contributed by atoms with Gasteiger partial charge in [-0.25, -0.2) is 29.2 Å². The van der Waals surface area contributed by atoms with Gasteiger partial charge in [0.1, 0.15) is 28.3 Å². The molecule has 1 aromatic carbocycles. The Bertz CT molecular complexity index is 1240. The second-order valence-electron chi connectivity index (χ2n) is 5.77. The maximum Gasteiger partial charge on any atom is 0.201 e. The van der Waals surface area contributed by atoms with Crippen molar-refractivity contribution < 1.29 is 4.39 Å². The van der Waals surface area contributed by atoms with Crippen molar-refractivity contribution in [3.05, 3.63) is 58.5 Å². The smallest absolute Gasteiger partial charge is 0.201 e. The average molecular weight is 412 g/mol. The number of rotatable bonds is 3. The third-order valence-electron chi connectivity index (χ3n) is 3.78. The second kappa shape index (κ2) is 6.99. The molecule has 7 nitrogen and oxygen atoms in total. The maximum absolute atomic E-state index is 13.6. The molecule has 0 radical (unpaired) electrons. The molecule has 3 aromatic heterocycles. The number of hydrogen-bond donors (Lipinski definition) is 2. The van der Waals surface area contributed by atoms with Gasteiger partial charge in [-0.2, -0.15) is 0 Å². The van der Waals surface area contributed by atoms with E-state index in [-0.39, 0.29) is 10.7 Å². The first-order chi connectivity index (χ1) is 13.4. The van der Waals surface area contributed by atoms with Crippen LogP contribution in [0.5, 0.6) is 0 Å². The Labute approximate surface area is 167 Å². The first-order valence-electron chi connectivity index (χ1n) is 7.95. The molecule has 4 aromatic rings. The summed E-state index contributed by atoms with van der Waals surface area (Å²) in [5.41, 5.74) is 6.93. The number of pyridine rings is 1. The first-order valence-corrected chi connectivity index (χ1v) is 9.14. The summed E-state index contributed by atoms with van der Waals surface area (Å²) in [7, 11) is 0. The van der Waals surface area contributed by atoms with Crippen LogP contribution in [-0.2, 0) is 0 Å². The van der Waals surface area contributed by atoms with Gasteiger partial charge in [0, 0.05) is 22.8 Å². The number of aromatic nitrogens is 4. The average Bonchev–Trinajstić information content (AvgIpc) is 3.04. The lowest BCUT2D eigenvalue weighted by molar-refractivity contribution is 0.629. The Morgan fingerprint density at radius 1 is 1.25 bits per heavy atom. The number of aryl methyl sites for hydroxylation is 1. The van der Waals surface area contributed by atoms with Crippen molar-refractivity contribution in [2.45, 2.75) is 6.92 Å². The van der Waals surface area contributed by atoms with Crippen molar-refractivity contribution in [3.8, 4) is 10.6 Å². The summed E-state index contributed by atoms with van der Waals surface area (Å²) >= 11 is 7.49. The zero-order chi connectivity index (χ0) is 19.8. The number of nitrogens with one attached hydrogen (secondary N) is 1. The van der Waals surface area contributed by atoms with Crippen LogP contribution >= 0.6 is 22.9 Å². The number of halogens is 2. The zero-order valence-corrected chi connectivity index (χ0v) is 15.9. The van der Waals surface area contributed by atoms with Crippen LogP contribution in [0.3, 0.4) is 0 Å². The maximum atomic E-state index is 13.6. The van der Waals surface area contributed by atoms with Crippen LogP contribution in [0.2, 0.25) is 5.02 Å². The van der Waals surface area contributed by atoms with Gasteiger partial charge in [0.2, 0.25) is 5.69 Å². The normalized spacial score (nSPS) is 10.8. The number of benzene rings is 1. The molecular weight excluding hydrogens is 401 g/mol. The zero-order valence-electron chi connectivity index (χ0n) is 14.4. The highest BCUT2D eigenvalue weighted by molar-refractivity contribution is 7.22. The minimum atomic E-state index is -0.568. The third-order valence-corrected chi connectivity index (χ3v) is 5.17. The number of nitrogen functional groups attached to an aromatic ring is 1. The number of nitrogens with two attached hydrogens (primary N) is 1. The minimum absolute atomic E-state index is 0.103. The van der Waals surface area contributed by atoms with Crippen LogP contribution in [0.4, 0.5) is 27.5 Å². The molecule has 0 amide bonds. The van der Waals surface area contributed by atoms with Crippen molar-refractivity contribution >= 4 is 56.3 Å². The van der Waals surface area contributed by atoms with Crippen molar-refractivity contribution in [2.24, 2.45) is 0 Å². The summed E-state index contributed by atoms with van der Waals surface area (Å²) in [5, 5.41) is 3.75. The van der Waals surface area contributed by atoms with Crippen molar-refractivity contribution in [3.63, 3.8) is 0 Å². The second-order valence-corrected chi connectivity index (χ2v) is 7.18. The Kier molecular flexibility index (Phi) is 4.50. The Morgan fingerprint density at radius 2 is 2.07 bits per heavy atom. The van der Waals surface area contributed by atoms with E-state index < -0.39 is 5.82 Å². The Morgan fingerprint density at radius 3 is 2.82 bits per heavy atom. The SMILES string of the molecule is [C-]#[N+]c1cc(F)cc(Cl)c1-c1nc2ccnc(Nc3cc(N)nc(C)n3)c2s1. The number of hydrogen-bond acceptors (Lipinski definition) is 7. The molecule has 0 spiro atoms. The quantitative estimate of drug-likeness (QED) is 0.454. The van der Waals surface area contributed by atoms with Gasteiger partial charge in [-0.3, -0.25) is 0 Å². The molecule has 10 heteroatoms. The fourth-order valence-electron chi connectivity index (χ4n) is 2.69. The van der Waals surface area contributed by atoms with E-state index in [4.69, 9.17) is 23.9 Å². The highest BCUT2D eigenvalue weighted by atomic mass is 35.5. The molecule has 0 atom stereocenters. The molecule has 0 aliphatic carbocycles. The summed E-state index contributed by atoms with van der Waals surface area (Å²) in [4.78, 5) is 20.6. The lowest BCUT2D eigenvalue weighted by atomic mass is 10.2. The predicted molar refractivity (Wildman–Crippen MR) is 109 cm³/mol. The van der Waals surface area contributed by atoms with Crippen LogP contribution in [0.15, 0.2) is 30.5 Å². The largest absolute Gasteiger partial charge is 0.384 e. The van der Waals surface area contributed by atoms with E-state index in [2.05, 4.69) is 30.1 Å². The lowest BCUT2D eigenvalue weighted by Crippen LogP contribution is -2.01. The van der Waals surface area contributed by atoms with Gasteiger partial charge in [-0.15, -0.1) is 11.3 Å². The van der Waals surface area contributed by atoms with Gasteiger partial charge in [0.25, 0.3) is 0 Å². The van der Waals surface area contributed by atoms with E-state index >= 15 is 0 Å². The van der Waals surface area contributed by atoms with E-state index in [9.17, 15) is 4.39 Å². The molecule has 0 aliphatic heterocycles.